The maximum atomic E-state index is 13.4. The van der Waals surface area contributed by atoms with Crippen molar-refractivity contribution in [2.75, 3.05) is 39.3 Å². The zero-order valence-electron chi connectivity index (χ0n) is 20.0. The fraction of sp³-hybridized carbons (Fsp3) is 0.667. The summed E-state index contributed by atoms with van der Waals surface area (Å²) in [6, 6.07) is 2.90. The van der Waals surface area contributed by atoms with Crippen molar-refractivity contribution in [3.05, 3.63) is 34.9 Å². The molecular formula is C21H32ClN5O6S. The van der Waals surface area contributed by atoms with Crippen LogP contribution in [-0.4, -0.2) is 74.1 Å². The molecule has 1 saturated heterocycles. The number of hydrogen-bond acceptors (Lipinski definition) is 9. The second-order valence-corrected chi connectivity index (χ2v) is 10.7. The van der Waals surface area contributed by atoms with E-state index in [0.29, 0.717) is 16.5 Å². The molecule has 0 radical (unpaired) electrons. The van der Waals surface area contributed by atoms with E-state index in [1.807, 2.05) is 6.92 Å². The van der Waals surface area contributed by atoms with E-state index in [2.05, 4.69) is 19.9 Å². The van der Waals surface area contributed by atoms with E-state index in [4.69, 9.17) is 30.5 Å². The van der Waals surface area contributed by atoms with E-state index in [9.17, 15) is 8.42 Å². The predicted molar refractivity (Wildman–Crippen MR) is 126 cm³/mol. The molecule has 11 nitrogen and oxygen atoms in total. The summed E-state index contributed by atoms with van der Waals surface area (Å²) < 4.78 is 53.3. The summed E-state index contributed by atoms with van der Waals surface area (Å²) in [6.07, 6.45) is 2.01. The lowest BCUT2D eigenvalue weighted by atomic mass is 10.2. The Balaban J connectivity index is 1.94. The maximum Gasteiger partial charge on any atom is 0.240 e. The Morgan fingerprint density at radius 1 is 1.21 bits per heavy atom. The fourth-order valence-electron chi connectivity index (χ4n) is 4.02. The number of halogens is 1. The highest BCUT2D eigenvalue weighted by atomic mass is 35.5. The maximum absolute atomic E-state index is 13.4. The van der Waals surface area contributed by atoms with Crippen molar-refractivity contribution < 1.29 is 27.4 Å². The van der Waals surface area contributed by atoms with Gasteiger partial charge >= 0.3 is 0 Å². The van der Waals surface area contributed by atoms with Gasteiger partial charge in [0.2, 0.25) is 16.0 Å². The largest absolute Gasteiger partial charge is 0.382 e. The van der Waals surface area contributed by atoms with Crippen LogP contribution in [0, 0.1) is 0 Å². The summed E-state index contributed by atoms with van der Waals surface area (Å²) in [7, 11) is 0.575. The molecule has 34 heavy (non-hydrogen) atoms. The summed E-state index contributed by atoms with van der Waals surface area (Å²) in [5.41, 5.74) is 0.442. The number of anilines is 1. The molecule has 3 heterocycles. The van der Waals surface area contributed by atoms with Gasteiger partial charge in [0.25, 0.3) is 0 Å². The summed E-state index contributed by atoms with van der Waals surface area (Å²) in [4.78, 5) is 4.22. The van der Waals surface area contributed by atoms with Crippen LogP contribution >= 0.6 is 11.6 Å². The first kappa shape index (κ1) is 26.8. The Morgan fingerprint density at radius 2 is 1.91 bits per heavy atom. The average molecular weight is 518 g/mol. The Kier molecular flexibility index (Phi) is 9.24. The second kappa shape index (κ2) is 11.7. The van der Waals surface area contributed by atoms with Crippen molar-refractivity contribution in [1.82, 2.24) is 19.7 Å². The lowest BCUT2D eigenvalue weighted by molar-refractivity contribution is 0.0406. The number of pyridine rings is 1. The Morgan fingerprint density at radius 3 is 2.44 bits per heavy atom. The van der Waals surface area contributed by atoms with Gasteiger partial charge in [0.15, 0.2) is 5.82 Å². The minimum Gasteiger partial charge on any atom is -0.382 e. The topological polar surface area (TPSA) is 127 Å². The van der Waals surface area contributed by atoms with Crippen molar-refractivity contribution in [1.29, 1.82) is 0 Å². The third-order valence-electron chi connectivity index (χ3n) is 5.77. The molecule has 1 N–H and O–H groups in total. The first-order chi connectivity index (χ1) is 16.2. The molecule has 2 aromatic heterocycles. The molecule has 2 aromatic rings. The molecule has 4 atom stereocenters. The first-order valence-electron chi connectivity index (χ1n) is 11.0. The molecule has 190 valence electrons. The predicted octanol–water partition coefficient (Wildman–Crippen LogP) is 2.92. The van der Waals surface area contributed by atoms with Crippen LogP contribution in [0.15, 0.2) is 18.3 Å². The summed E-state index contributed by atoms with van der Waals surface area (Å²) in [5.74, 6) is 0.583. The zero-order valence-corrected chi connectivity index (χ0v) is 21.5. The van der Waals surface area contributed by atoms with Crippen LogP contribution in [0.3, 0.4) is 0 Å². The van der Waals surface area contributed by atoms with Crippen LogP contribution in [0.4, 0.5) is 5.95 Å². The molecule has 1 aliphatic rings. The summed E-state index contributed by atoms with van der Waals surface area (Å²) in [6.45, 7) is 4.06. The van der Waals surface area contributed by atoms with Gasteiger partial charge in [0, 0.05) is 27.5 Å². The van der Waals surface area contributed by atoms with Crippen molar-refractivity contribution in [3.63, 3.8) is 0 Å². The van der Waals surface area contributed by atoms with Gasteiger partial charge in [-0.3, -0.25) is 14.3 Å². The van der Waals surface area contributed by atoms with Crippen molar-refractivity contribution in [2.24, 2.45) is 0 Å². The van der Waals surface area contributed by atoms with E-state index in [-0.39, 0.29) is 37.4 Å². The number of aromatic nitrogens is 4. The molecule has 0 aliphatic carbocycles. The van der Waals surface area contributed by atoms with Crippen LogP contribution < -0.4 is 4.72 Å². The number of ether oxygens (including phenoxy) is 4. The highest BCUT2D eigenvalue weighted by molar-refractivity contribution is 7.93. The van der Waals surface area contributed by atoms with Crippen LogP contribution in [0.25, 0.3) is 0 Å². The number of nitrogens with one attached hydrogen (secondary N) is 1. The number of hydrogen-bond donors (Lipinski definition) is 1. The Bertz CT molecular complexity index is 1030. The SMILES string of the molecule is COCC(COC)n1c(NS(=O)(=O)[C@@H](C)[C@H](OC)c2ccc(Cl)cn2)nnc1[C@H]1CC[C@@H](C)O1. The van der Waals surface area contributed by atoms with Crippen molar-refractivity contribution >= 4 is 27.6 Å². The number of methoxy groups -OCH3 is 3. The number of nitrogens with zero attached hydrogens (tertiary/aromatic N) is 4. The molecule has 0 unspecified atom stereocenters. The van der Waals surface area contributed by atoms with E-state index >= 15 is 0 Å². The van der Waals surface area contributed by atoms with E-state index < -0.39 is 21.4 Å². The van der Waals surface area contributed by atoms with Gasteiger partial charge in [-0.1, -0.05) is 11.6 Å². The van der Waals surface area contributed by atoms with E-state index in [1.165, 1.54) is 20.2 Å². The second-order valence-electron chi connectivity index (χ2n) is 8.24. The van der Waals surface area contributed by atoms with Crippen LogP contribution in [-0.2, 0) is 29.0 Å². The minimum atomic E-state index is -3.98. The lowest BCUT2D eigenvalue weighted by Crippen LogP contribution is -2.34. The number of sulfonamides is 1. The van der Waals surface area contributed by atoms with Crippen molar-refractivity contribution in [2.45, 2.75) is 56.3 Å². The van der Waals surface area contributed by atoms with E-state index in [0.717, 1.165) is 12.8 Å². The summed E-state index contributed by atoms with van der Waals surface area (Å²) >= 11 is 5.92. The molecule has 13 heteroatoms. The highest BCUT2D eigenvalue weighted by Crippen LogP contribution is 2.35. The molecule has 1 aliphatic heterocycles. The molecule has 0 bridgehead atoms. The van der Waals surface area contributed by atoms with E-state index in [1.54, 1.807) is 30.9 Å². The van der Waals surface area contributed by atoms with Crippen molar-refractivity contribution in [3.8, 4) is 0 Å². The Labute approximate surface area is 205 Å². The average Bonchev–Trinajstić information content (AvgIpc) is 3.41. The van der Waals surface area contributed by atoms with Gasteiger partial charge in [-0.2, -0.15) is 0 Å². The van der Waals surface area contributed by atoms with Crippen LogP contribution in [0.5, 0.6) is 0 Å². The zero-order chi connectivity index (χ0) is 24.9. The highest BCUT2D eigenvalue weighted by Gasteiger charge is 2.36. The molecule has 0 amide bonds. The fourth-order valence-corrected chi connectivity index (χ4v) is 5.29. The van der Waals surface area contributed by atoms with Gasteiger partial charge in [-0.05, 0) is 38.8 Å². The third kappa shape index (κ3) is 6.04. The lowest BCUT2D eigenvalue weighted by Gasteiger charge is -2.25. The molecule has 1 fully saturated rings. The monoisotopic (exact) mass is 517 g/mol. The smallest absolute Gasteiger partial charge is 0.240 e. The Hall–Kier alpha value is -1.83. The van der Waals surface area contributed by atoms with Gasteiger partial charge in [0.05, 0.1) is 36.1 Å². The van der Waals surface area contributed by atoms with Gasteiger partial charge < -0.3 is 18.9 Å². The standard InChI is InChI=1S/C21H32ClN5O6S/c1-13-6-9-18(33-13)20-24-25-21(27(20)16(11-30-3)12-31-4)26-34(28,29)14(2)19(32-5)17-8-7-15(22)10-23-17/h7-8,10,13-14,16,18-19H,6,9,11-12H2,1-5H3,(H,25,26)/t13-,14+,18-,19+/m1/s1. The molecule has 3 rings (SSSR count). The normalized spacial score (nSPS) is 20.6. The van der Waals surface area contributed by atoms with Gasteiger partial charge in [-0.15, -0.1) is 10.2 Å². The molecule has 0 aromatic carbocycles. The number of rotatable bonds is 12. The third-order valence-corrected chi connectivity index (χ3v) is 7.69. The molecule has 0 saturated carbocycles. The van der Waals surface area contributed by atoms with Gasteiger partial charge in [0.1, 0.15) is 17.5 Å². The first-order valence-corrected chi connectivity index (χ1v) is 12.9. The van der Waals surface area contributed by atoms with Crippen LogP contribution in [0.1, 0.15) is 56.5 Å². The molecular weight excluding hydrogens is 486 g/mol. The molecule has 0 spiro atoms. The summed E-state index contributed by atoms with van der Waals surface area (Å²) in [5, 5.41) is 7.89. The van der Waals surface area contributed by atoms with Gasteiger partial charge in [-0.25, -0.2) is 8.42 Å². The van der Waals surface area contributed by atoms with Crippen LogP contribution in [0.2, 0.25) is 5.02 Å². The quantitative estimate of drug-likeness (QED) is 0.452. The minimum absolute atomic E-state index is 0.0584.